The highest BCUT2D eigenvalue weighted by atomic mass is 15.1. The van der Waals surface area contributed by atoms with Crippen LogP contribution in [0.5, 0.6) is 0 Å². The van der Waals surface area contributed by atoms with Gasteiger partial charge in [0, 0.05) is 17.8 Å². The number of imidazole rings is 1. The summed E-state index contributed by atoms with van der Waals surface area (Å²) in [7, 11) is 0. The predicted octanol–water partition coefficient (Wildman–Crippen LogP) is 4.97. The van der Waals surface area contributed by atoms with Crippen LogP contribution in [0.3, 0.4) is 0 Å². The molecule has 1 fully saturated rings. The van der Waals surface area contributed by atoms with Crippen molar-refractivity contribution in [1.29, 1.82) is 0 Å². The molecule has 1 aliphatic carbocycles. The van der Waals surface area contributed by atoms with Crippen LogP contribution in [0.4, 0.5) is 5.82 Å². The number of rotatable bonds is 3. The first-order valence-corrected chi connectivity index (χ1v) is 8.53. The van der Waals surface area contributed by atoms with Gasteiger partial charge in [0.25, 0.3) is 0 Å². The maximum atomic E-state index is 4.95. The van der Waals surface area contributed by atoms with Gasteiger partial charge in [-0.1, -0.05) is 48.7 Å². The van der Waals surface area contributed by atoms with Crippen molar-refractivity contribution in [3.63, 3.8) is 0 Å². The summed E-state index contributed by atoms with van der Waals surface area (Å²) in [6, 6.07) is 13.5. The first-order valence-electron chi connectivity index (χ1n) is 8.53. The Bertz CT molecular complexity index is 824. The summed E-state index contributed by atoms with van der Waals surface area (Å²) in [4.78, 5) is 4.95. The Hall–Kier alpha value is -2.29. The first-order chi connectivity index (χ1) is 11.2. The normalized spacial score (nSPS) is 15.4. The molecule has 0 saturated heterocycles. The molecule has 1 aliphatic rings. The van der Waals surface area contributed by atoms with Gasteiger partial charge >= 0.3 is 0 Å². The molecule has 0 bridgehead atoms. The molecule has 2 aromatic heterocycles. The van der Waals surface area contributed by atoms with Crippen molar-refractivity contribution in [2.75, 3.05) is 5.32 Å². The maximum absolute atomic E-state index is 4.95. The van der Waals surface area contributed by atoms with E-state index in [0.717, 1.165) is 17.2 Å². The van der Waals surface area contributed by atoms with Crippen LogP contribution in [0.25, 0.3) is 16.9 Å². The topological polar surface area (TPSA) is 29.3 Å². The van der Waals surface area contributed by atoms with Gasteiger partial charge in [-0.3, -0.25) is 4.40 Å². The molecule has 1 saturated carbocycles. The number of fused-ring (bicyclic) bond motifs is 1. The summed E-state index contributed by atoms with van der Waals surface area (Å²) in [5, 5.41) is 3.77. The third-order valence-corrected chi connectivity index (χ3v) is 4.87. The standard InChI is InChI=1S/C20H23N3/c1-14-9-11-16(12-10-14)18-20(21-17-7-3-4-8-17)23-13-5-6-15(2)19(23)22-18/h5-6,9-13,17,21H,3-4,7-8H2,1-2H3. The van der Waals surface area contributed by atoms with Crippen LogP contribution in [0.15, 0.2) is 42.6 Å². The number of aromatic nitrogens is 2. The molecule has 0 aliphatic heterocycles. The van der Waals surface area contributed by atoms with Crippen molar-refractivity contribution in [2.45, 2.75) is 45.6 Å². The minimum absolute atomic E-state index is 0.569. The third-order valence-electron chi connectivity index (χ3n) is 4.87. The quantitative estimate of drug-likeness (QED) is 0.740. The van der Waals surface area contributed by atoms with E-state index in [1.54, 1.807) is 0 Å². The fourth-order valence-corrected chi connectivity index (χ4v) is 3.52. The number of nitrogens with zero attached hydrogens (tertiary/aromatic N) is 2. The number of pyridine rings is 1. The first kappa shape index (κ1) is 14.3. The summed E-state index contributed by atoms with van der Waals surface area (Å²) in [6.45, 7) is 4.25. The predicted molar refractivity (Wildman–Crippen MR) is 96.0 cm³/mol. The fourth-order valence-electron chi connectivity index (χ4n) is 3.52. The lowest BCUT2D eigenvalue weighted by Crippen LogP contribution is -2.16. The zero-order chi connectivity index (χ0) is 15.8. The van der Waals surface area contributed by atoms with E-state index in [0.29, 0.717) is 6.04 Å². The fraction of sp³-hybridized carbons (Fsp3) is 0.350. The van der Waals surface area contributed by atoms with Crippen LogP contribution < -0.4 is 5.32 Å². The highest BCUT2D eigenvalue weighted by molar-refractivity contribution is 5.77. The van der Waals surface area contributed by atoms with E-state index in [1.165, 1.54) is 42.4 Å². The molecular formula is C20H23N3. The van der Waals surface area contributed by atoms with Gasteiger partial charge in [0.1, 0.15) is 17.2 Å². The number of hydrogen-bond donors (Lipinski definition) is 1. The molecule has 118 valence electrons. The van der Waals surface area contributed by atoms with Gasteiger partial charge in [0.2, 0.25) is 0 Å². The number of hydrogen-bond acceptors (Lipinski definition) is 2. The van der Waals surface area contributed by atoms with E-state index in [-0.39, 0.29) is 0 Å². The molecule has 23 heavy (non-hydrogen) atoms. The van der Waals surface area contributed by atoms with Crippen LogP contribution in [0, 0.1) is 13.8 Å². The molecule has 2 heterocycles. The Morgan fingerprint density at radius 3 is 2.52 bits per heavy atom. The van der Waals surface area contributed by atoms with E-state index in [9.17, 15) is 0 Å². The van der Waals surface area contributed by atoms with Crippen LogP contribution in [0.2, 0.25) is 0 Å². The molecule has 0 atom stereocenters. The summed E-state index contributed by atoms with van der Waals surface area (Å²) in [6.07, 6.45) is 7.28. The van der Waals surface area contributed by atoms with E-state index in [4.69, 9.17) is 4.98 Å². The lowest BCUT2D eigenvalue weighted by atomic mass is 10.1. The summed E-state index contributed by atoms with van der Waals surface area (Å²) < 4.78 is 2.21. The minimum atomic E-state index is 0.569. The summed E-state index contributed by atoms with van der Waals surface area (Å²) >= 11 is 0. The molecule has 0 radical (unpaired) electrons. The molecular weight excluding hydrogens is 282 g/mol. The Labute approximate surface area is 137 Å². The number of benzene rings is 1. The average Bonchev–Trinajstić information content (AvgIpc) is 3.18. The van der Waals surface area contributed by atoms with Crippen LogP contribution in [-0.4, -0.2) is 15.4 Å². The van der Waals surface area contributed by atoms with Crippen molar-refractivity contribution in [2.24, 2.45) is 0 Å². The molecule has 0 spiro atoms. The van der Waals surface area contributed by atoms with Gasteiger partial charge in [-0.15, -0.1) is 0 Å². The minimum Gasteiger partial charge on any atom is -0.367 e. The third kappa shape index (κ3) is 2.61. The Kier molecular flexibility index (Phi) is 3.56. The maximum Gasteiger partial charge on any atom is 0.142 e. The van der Waals surface area contributed by atoms with Gasteiger partial charge in [-0.2, -0.15) is 0 Å². The number of aryl methyl sites for hydroxylation is 2. The second kappa shape index (κ2) is 5.73. The molecule has 3 aromatic rings. The van der Waals surface area contributed by atoms with Crippen molar-refractivity contribution in [3.05, 3.63) is 53.7 Å². The monoisotopic (exact) mass is 305 g/mol. The van der Waals surface area contributed by atoms with Crippen molar-refractivity contribution in [1.82, 2.24) is 9.38 Å². The van der Waals surface area contributed by atoms with Gasteiger partial charge in [0.15, 0.2) is 0 Å². The SMILES string of the molecule is Cc1ccc(-c2nc3c(C)cccn3c2NC2CCCC2)cc1. The second-order valence-electron chi connectivity index (χ2n) is 6.69. The van der Waals surface area contributed by atoms with Crippen LogP contribution in [-0.2, 0) is 0 Å². The highest BCUT2D eigenvalue weighted by Crippen LogP contribution is 2.32. The largest absolute Gasteiger partial charge is 0.367 e. The van der Waals surface area contributed by atoms with Crippen molar-refractivity contribution < 1.29 is 0 Å². The molecule has 1 N–H and O–H groups in total. The smallest absolute Gasteiger partial charge is 0.142 e. The van der Waals surface area contributed by atoms with Gasteiger partial charge < -0.3 is 5.32 Å². The van der Waals surface area contributed by atoms with Gasteiger partial charge in [-0.05, 0) is 38.3 Å². The Morgan fingerprint density at radius 2 is 1.78 bits per heavy atom. The number of anilines is 1. The lowest BCUT2D eigenvalue weighted by molar-refractivity contribution is 0.749. The van der Waals surface area contributed by atoms with Crippen molar-refractivity contribution in [3.8, 4) is 11.3 Å². The zero-order valence-corrected chi connectivity index (χ0v) is 13.8. The van der Waals surface area contributed by atoms with Gasteiger partial charge in [0.05, 0.1) is 0 Å². The molecule has 3 nitrogen and oxygen atoms in total. The average molecular weight is 305 g/mol. The molecule has 4 rings (SSSR count). The van der Waals surface area contributed by atoms with Gasteiger partial charge in [-0.25, -0.2) is 4.98 Å². The Balaban J connectivity index is 1.87. The zero-order valence-electron chi connectivity index (χ0n) is 13.8. The summed E-state index contributed by atoms with van der Waals surface area (Å²) in [5.74, 6) is 1.14. The lowest BCUT2D eigenvalue weighted by Gasteiger charge is -2.15. The number of nitrogens with one attached hydrogen (secondary N) is 1. The van der Waals surface area contributed by atoms with E-state index >= 15 is 0 Å². The van der Waals surface area contributed by atoms with Crippen LogP contribution >= 0.6 is 0 Å². The molecule has 0 amide bonds. The van der Waals surface area contributed by atoms with Crippen LogP contribution in [0.1, 0.15) is 36.8 Å². The Morgan fingerprint density at radius 1 is 1.04 bits per heavy atom. The van der Waals surface area contributed by atoms with Crippen molar-refractivity contribution >= 4 is 11.5 Å². The second-order valence-corrected chi connectivity index (χ2v) is 6.69. The van der Waals surface area contributed by atoms with E-state index in [2.05, 4.69) is 66.2 Å². The van der Waals surface area contributed by atoms with E-state index in [1.807, 2.05) is 0 Å². The highest BCUT2D eigenvalue weighted by Gasteiger charge is 2.20. The van der Waals surface area contributed by atoms with E-state index < -0.39 is 0 Å². The molecule has 0 unspecified atom stereocenters. The molecule has 1 aromatic carbocycles. The molecule has 3 heteroatoms. The summed E-state index contributed by atoms with van der Waals surface area (Å²) in [5.41, 5.74) is 5.77.